The maximum atomic E-state index is 14.1. The van der Waals surface area contributed by atoms with Gasteiger partial charge in [0.25, 0.3) is 5.56 Å². The minimum Gasteiger partial charge on any atom is -0.334 e. The van der Waals surface area contributed by atoms with Crippen molar-refractivity contribution in [3.8, 4) is 10.4 Å². The van der Waals surface area contributed by atoms with Gasteiger partial charge in [0.05, 0.1) is 11.7 Å². The van der Waals surface area contributed by atoms with Crippen molar-refractivity contribution >= 4 is 38.8 Å². The Morgan fingerprint density at radius 2 is 2.06 bits per heavy atom. The van der Waals surface area contributed by atoms with Crippen molar-refractivity contribution in [3.63, 3.8) is 0 Å². The van der Waals surface area contributed by atoms with Crippen LogP contribution in [-0.4, -0.2) is 26.4 Å². The molecule has 1 aromatic carbocycles. The minimum absolute atomic E-state index is 0.102. The number of thiophene rings is 2. The van der Waals surface area contributed by atoms with Gasteiger partial charge in [-0.2, -0.15) is 0 Å². The summed E-state index contributed by atoms with van der Waals surface area (Å²) in [6.07, 6.45) is 3.24. The molecule has 5 nitrogen and oxygen atoms in total. The number of carbonyl (C=O) groups excluding carboxylic acids is 1. The monoisotopic (exact) mass is 453 g/mol. The number of halogens is 1. The molecule has 3 heterocycles. The first kappa shape index (κ1) is 20.1. The predicted molar refractivity (Wildman–Crippen MR) is 122 cm³/mol. The van der Waals surface area contributed by atoms with Gasteiger partial charge in [-0.25, -0.2) is 9.37 Å². The summed E-state index contributed by atoms with van der Waals surface area (Å²) >= 11 is 3.06. The van der Waals surface area contributed by atoms with E-state index < -0.39 is 0 Å². The summed E-state index contributed by atoms with van der Waals surface area (Å²) in [7, 11) is 0. The second-order valence-electron chi connectivity index (χ2n) is 7.76. The number of aromatic nitrogens is 2. The molecule has 1 aliphatic carbocycles. The topological polar surface area (TPSA) is 55.2 Å². The number of rotatable bonds is 6. The number of nitrogens with zero attached hydrogens (tertiary/aromatic N) is 3. The molecule has 0 atom stereocenters. The molecule has 0 N–H and O–H groups in total. The average Bonchev–Trinajstić information content (AvgIpc) is 3.35. The minimum atomic E-state index is -0.324. The molecule has 1 saturated carbocycles. The van der Waals surface area contributed by atoms with Crippen LogP contribution < -0.4 is 5.56 Å². The van der Waals surface area contributed by atoms with E-state index in [0.717, 1.165) is 23.3 Å². The smallest absolute Gasteiger partial charge is 0.263 e. The number of benzene rings is 1. The van der Waals surface area contributed by atoms with Gasteiger partial charge in [0.15, 0.2) is 0 Å². The lowest BCUT2D eigenvalue weighted by Gasteiger charge is -2.23. The van der Waals surface area contributed by atoms with Crippen LogP contribution in [0.15, 0.2) is 52.9 Å². The van der Waals surface area contributed by atoms with E-state index in [1.165, 1.54) is 33.2 Å². The predicted octanol–water partition coefficient (Wildman–Crippen LogP) is 4.83. The molecule has 1 fully saturated rings. The van der Waals surface area contributed by atoms with Crippen LogP contribution in [0.4, 0.5) is 4.39 Å². The largest absolute Gasteiger partial charge is 0.334 e. The Morgan fingerprint density at radius 1 is 1.26 bits per heavy atom. The summed E-state index contributed by atoms with van der Waals surface area (Å²) in [6.45, 7) is 2.13. The second-order valence-corrected chi connectivity index (χ2v) is 9.91. The van der Waals surface area contributed by atoms with Crippen molar-refractivity contribution in [2.45, 2.75) is 38.9 Å². The van der Waals surface area contributed by atoms with Gasteiger partial charge in [-0.15, -0.1) is 22.7 Å². The zero-order chi connectivity index (χ0) is 21.5. The van der Waals surface area contributed by atoms with Crippen LogP contribution in [0.5, 0.6) is 0 Å². The van der Waals surface area contributed by atoms with Gasteiger partial charge in [-0.1, -0.05) is 18.2 Å². The van der Waals surface area contributed by atoms with Gasteiger partial charge in [0.1, 0.15) is 17.2 Å². The molecule has 0 saturated heterocycles. The number of hydrogen-bond donors (Lipinski definition) is 0. The lowest BCUT2D eigenvalue weighted by Crippen LogP contribution is -2.37. The molecule has 8 heteroatoms. The highest BCUT2D eigenvalue weighted by Gasteiger charge is 2.33. The molecule has 1 aliphatic rings. The Labute approximate surface area is 186 Å². The highest BCUT2D eigenvalue weighted by atomic mass is 32.1. The van der Waals surface area contributed by atoms with Gasteiger partial charge in [-0.05, 0) is 38.0 Å². The number of aryl methyl sites for hydroxylation is 1. The molecule has 3 aromatic heterocycles. The summed E-state index contributed by atoms with van der Waals surface area (Å²) in [5.41, 5.74) is 1.13. The Bertz CT molecular complexity index is 1340. The quantitative estimate of drug-likeness (QED) is 0.420. The van der Waals surface area contributed by atoms with E-state index in [1.807, 2.05) is 24.4 Å². The Morgan fingerprint density at radius 3 is 2.77 bits per heavy atom. The maximum Gasteiger partial charge on any atom is 0.263 e. The summed E-state index contributed by atoms with van der Waals surface area (Å²) < 4.78 is 15.5. The molecule has 0 aliphatic heterocycles. The van der Waals surface area contributed by atoms with Gasteiger partial charge in [0.2, 0.25) is 5.91 Å². The van der Waals surface area contributed by atoms with E-state index in [0.29, 0.717) is 15.8 Å². The fourth-order valence-corrected chi connectivity index (χ4v) is 5.56. The van der Waals surface area contributed by atoms with Crippen LogP contribution >= 0.6 is 22.7 Å². The zero-order valence-corrected chi connectivity index (χ0v) is 18.5. The third-order valence-corrected chi connectivity index (χ3v) is 7.40. The van der Waals surface area contributed by atoms with E-state index in [-0.39, 0.29) is 36.4 Å². The number of hydrogen-bond acceptors (Lipinski definition) is 5. The summed E-state index contributed by atoms with van der Waals surface area (Å²) in [5, 5.41) is 2.50. The van der Waals surface area contributed by atoms with Crippen molar-refractivity contribution < 1.29 is 9.18 Å². The number of fused-ring (bicyclic) bond motifs is 1. The highest BCUT2D eigenvalue weighted by Crippen LogP contribution is 2.35. The maximum absolute atomic E-state index is 14.1. The van der Waals surface area contributed by atoms with Crippen LogP contribution in [0, 0.1) is 12.7 Å². The van der Waals surface area contributed by atoms with E-state index >= 15 is 0 Å². The number of carbonyl (C=O) groups is 1. The van der Waals surface area contributed by atoms with Crippen LogP contribution in [0.1, 0.15) is 23.3 Å². The molecular formula is C23H20FN3O2S2. The molecule has 31 heavy (non-hydrogen) atoms. The first-order chi connectivity index (χ1) is 15.0. The molecule has 0 bridgehead atoms. The standard InChI is InChI=1S/C23H20FN3O2S2/c1-14-6-9-19(31-14)17-12-30-22-21(17)23(29)26(13-25-22)11-20(28)27(16-7-8-16)10-15-4-2-3-5-18(15)24/h2-6,9,12-13,16H,7-8,10-11H2,1H3. The van der Waals surface area contributed by atoms with Gasteiger partial charge in [0, 0.05) is 38.8 Å². The Hall–Kier alpha value is -2.84. The van der Waals surface area contributed by atoms with E-state index in [4.69, 9.17) is 0 Å². The molecule has 0 unspecified atom stereocenters. The van der Waals surface area contributed by atoms with E-state index in [2.05, 4.69) is 4.98 Å². The summed E-state index contributed by atoms with van der Waals surface area (Å²) in [6, 6.07) is 10.6. The summed E-state index contributed by atoms with van der Waals surface area (Å²) in [5.74, 6) is -0.520. The normalized spacial score (nSPS) is 13.6. The van der Waals surface area contributed by atoms with Crippen molar-refractivity contribution in [3.05, 3.63) is 74.7 Å². The molecular weight excluding hydrogens is 433 g/mol. The average molecular weight is 454 g/mol. The highest BCUT2D eigenvalue weighted by molar-refractivity contribution is 7.19. The zero-order valence-electron chi connectivity index (χ0n) is 16.9. The fraction of sp³-hybridized carbons (Fsp3) is 0.261. The van der Waals surface area contributed by atoms with Crippen molar-refractivity contribution in [2.75, 3.05) is 0 Å². The van der Waals surface area contributed by atoms with Gasteiger partial charge >= 0.3 is 0 Å². The third kappa shape index (κ3) is 3.93. The second kappa shape index (κ2) is 8.01. The molecule has 5 rings (SSSR count). The lowest BCUT2D eigenvalue weighted by atomic mass is 10.2. The Balaban J connectivity index is 1.45. The van der Waals surface area contributed by atoms with Crippen molar-refractivity contribution in [1.82, 2.24) is 14.5 Å². The lowest BCUT2D eigenvalue weighted by molar-refractivity contribution is -0.133. The van der Waals surface area contributed by atoms with Crippen LogP contribution in [0.3, 0.4) is 0 Å². The SMILES string of the molecule is Cc1ccc(-c2csc3ncn(CC(=O)N(Cc4ccccc4F)C4CC4)c(=O)c23)s1. The first-order valence-corrected chi connectivity index (χ1v) is 11.8. The summed E-state index contributed by atoms with van der Waals surface area (Å²) in [4.78, 5) is 35.3. The van der Waals surface area contributed by atoms with Crippen LogP contribution in [0.2, 0.25) is 0 Å². The van der Waals surface area contributed by atoms with Gasteiger partial charge < -0.3 is 4.90 Å². The van der Waals surface area contributed by atoms with E-state index in [1.54, 1.807) is 34.4 Å². The molecule has 1 amide bonds. The van der Waals surface area contributed by atoms with Crippen LogP contribution in [-0.2, 0) is 17.9 Å². The van der Waals surface area contributed by atoms with E-state index in [9.17, 15) is 14.0 Å². The molecule has 4 aromatic rings. The first-order valence-electron chi connectivity index (χ1n) is 10.1. The fourth-order valence-electron chi connectivity index (χ4n) is 3.69. The molecule has 0 radical (unpaired) electrons. The van der Waals surface area contributed by atoms with Crippen LogP contribution in [0.25, 0.3) is 20.7 Å². The third-order valence-electron chi connectivity index (χ3n) is 5.48. The molecule has 0 spiro atoms. The number of amides is 1. The Kier molecular flexibility index (Phi) is 5.19. The van der Waals surface area contributed by atoms with Crippen molar-refractivity contribution in [2.24, 2.45) is 0 Å². The van der Waals surface area contributed by atoms with Crippen molar-refractivity contribution in [1.29, 1.82) is 0 Å². The van der Waals surface area contributed by atoms with Gasteiger partial charge in [-0.3, -0.25) is 14.2 Å². The molecule has 158 valence electrons.